The predicted octanol–water partition coefficient (Wildman–Crippen LogP) is 2.35. The number of benzene rings is 1. The smallest absolute Gasteiger partial charge is 0.258 e. The van der Waals surface area contributed by atoms with Crippen LogP contribution in [-0.4, -0.2) is 24.0 Å². The molecule has 5 heteroatoms. The molecule has 1 aromatic heterocycles. The van der Waals surface area contributed by atoms with E-state index < -0.39 is 0 Å². The molecule has 2 N–H and O–H groups in total. The van der Waals surface area contributed by atoms with Gasteiger partial charge in [0, 0.05) is 25.0 Å². The Hall–Kier alpha value is -2.40. The highest BCUT2D eigenvalue weighted by Crippen LogP contribution is 2.20. The number of carbonyl (C=O) groups is 1. The zero-order valence-corrected chi connectivity index (χ0v) is 15.1. The minimum Gasteiger partial charge on any atom is -0.484 e. The molecular formula is C20H25N3O2. The van der Waals surface area contributed by atoms with Gasteiger partial charge >= 0.3 is 0 Å². The van der Waals surface area contributed by atoms with Gasteiger partial charge in [0.05, 0.1) is 0 Å². The van der Waals surface area contributed by atoms with Gasteiger partial charge < -0.3 is 15.4 Å². The van der Waals surface area contributed by atoms with Gasteiger partial charge in [0.2, 0.25) is 0 Å². The molecular weight excluding hydrogens is 314 g/mol. The van der Waals surface area contributed by atoms with Crippen molar-refractivity contribution < 1.29 is 9.53 Å². The molecule has 0 saturated heterocycles. The maximum atomic E-state index is 12.2. The molecule has 3 rings (SSSR count). The average molecular weight is 339 g/mol. The van der Waals surface area contributed by atoms with Crippen molar-refractivity contribution >= 4 is 5.91 Å². The van der Waals surface area contributed by atoms with Crippen LogP contribution in [0.4, 0.5) is 0 Å². The number of pyridine rings is 1. The monoisotopic (exact) mass is 339 g/mol. The summed E-state index contributed by atoms with van der Waals surface area (Å²) in [6.45, 7) is 8.41. The minimum atomic E-state index is -0.121. The lowest BCUT2D eigenvalue weighted by Gasteiger charge is -2.21. The third-order valence-electron chi connectivity index (χ3n) is 4.78. The Morgan fingerprint density at radius 3 is 2.92 bits per heavy atom. The molecule has 1 aliphatic rings. The molecule has 0 aliphatic carbocycles. The summed E-state index contributed by atoms with van der Waals surface area (Å²) in [4.78, 5) is 16.6. The van der Waals surface area contributed by atoms with Crippen LogP contribution in [0.25, 0.3) is 0 Å². The number of fused-ring (bicyclic) bond motifs is 1. The Morgan fingerprint density at radius 2 is 2.12 bits per heavy atom. The minimum absolute atomic E-state index is 0.0194. The Morgan fingerprint density at radius 1 is 1.28 bits per heavy atom. The number of ether oxygens (including phenoxy) is 1. The highest BCUT2D eigenvalue weighted by molar-refractivity contribution is 5.77. The predicted molar refractivity (Wildman–Crippen MR) is 97.6 cm³/mol. The first kappa shape index (κ1) is 17.4. The summed E-state index contributed by atoms with van der Waals surface area (Å²) in [5, 5.41) is 6.31. The molecule has 0 atom stereocenters. The number of nitrogens with one attached hydrogen (secondary N) is 2. The normalized spacial score (nSPS) is 13.2. The number of rotatable bonds is 5. The fraction of sp³-hybridized carbons (Fsp3) is 0.400. The summed E-state index contributed by atoms with van der Waals surface area (Å²) in [5.74, 6) is 0.600. The highest BCUT2D eigenvalue weighted by Gasteiger charge is 2.16. The largest absolute Gasteiger partial charge is 0.484 e. The van der Waals surface area contributed by atoms with Crippen molar-refractivity contribution in [2.75, 3.05) is 13.2 Å². The molecule has 132 valence electrons. The van der Waals surface area contributed by atoms with Crippen LogP contribution in [0.5, 0.6) is 5.75 Å². The lowest BCUT2D eigenvalue weighted by molar-refractivity contribution is -0.123. The number of hydrogen-bond donors (Lipinski definition) is 2. The zero-order valence-electron chi connectivity index (χ0n) is 15.1. The van der Waals surface area contributed by atoms with E-state index in [0.717, 1.165) is 42.1 Å². The van der Waals surface area contributed by atoms with Crippen molar-refractivity contribution in [2.24, 2.45) is 0 Å². The Bertz CT molecular complexity index is 787. The second kappa shape index (κ2) is 7.66. The Labute approximate surface area is 148 Å². The summed E-state index contributed by atoms with van der Waals surface area (Å²) in [5.41, 5.74) is 7.04. The summed E-state index contributed by atoms with van der Waals surface area (Å²) >= 11 is 0. The van der Waals surface area contributed by atoms with E-state index in [2.05, 4.69) is 22.5 Å². The van der Waals surface area contributed by atoms with Crippen molar-refractivity contribution in [3.63, 3.8) is 0 Å². The second-order valence-electron chi connectivity index (χ2n) is 6.56. The lowest BCUT2D eigenvalue weighted by Crippen LogP contribution is -2.31. The SMILES string of the molecule is Cc1ccc(OCC(=O)NCc2c(C)ncc3c2CCNC3)cc1C. The van der Waals surface area contributed by atoms with Crippen LogP contribution >= 0.6 is 0 Å². The quantitative estimate of drug-likeness (QED) is 0.878. The van der Waals surface area contributed by atoms with Gasteiger partial charge in [0.25, 0.3) is 5.91 Å². The summed E-state index contributed by atoms with van der Waals surface area (Å²) in [7, 11) is 0. The van der Waals surface area contributed by atoms with Crippen molar-refractivity contribution in [2.45, 2.75) is 40.3 Å². The van der Waals surface area contributed by atoms with Crippen molar-refractivity contribution in [1.29, 1.82) is 0 Å². The van der Waals surface area contributed by atoms with Crippen LogP contribution in [0, 0.1) is 20.8 Å². The van der Waals surface area contributed by atoms with Crippen LogP contribution in [0.15, 0.2) is 24.4 Å². The molecule has 0 bridgehead atoms. The molecule has 0 saturated carbocycles. The molecule has 1 amide bonds. The molecule has 5 nitrogen and oxygen atoms in total. The third kappa shape index (κ3) is 4.17. The molecule has 0 spiro atoms. The van der Waals surface area contributed by atoms with Crippen molar-refractivity contribution in [3.05, 3.63) is 57.9 Å². The van der Waals surface area contributed by atoms with Crippen LogP contribution in [-0.2, 0) is 24.3 Å². The van der Waals surface area contributed by atoms with E-state index in [1.807, 2.05) is 38.2 Å². The van der Waals surface area contributed by atoms with Gasteiger partial charge in [0.1, 0.15) is 5.75 Å². The first-order valence-corrected chi connectivity index (χ1v) is 8.68. The van der Waals surface area contributed by atoms with E-state index in [0.29, 0.717) is 6.54 Å². The van der Waals surface area contributed by atoms with Crippen molar-refractivity contribution in [3.8, 4) is 5.75 Å². The molecule has 2 heterocycles. The number of hydrogen-bond acceptors (Lipinski definition) is 4. The van der Waals surface area contributed by atoms with Gasteiger partial charge in [-0.15, -0.1) is 0 Å². The van der Waals surface area contributed by atoms with Crippen LogP contribution in [0.3, 0.4) is 0 Å². The van der Waals surface area contributed by atoms with Crippen LogP contribution in [0.2, 0.25) is 0 Å². The van der Waals surface area contributed by atoms with E-state index in [1.54, 1.807) is 0 Å². The maximum absolute atomic E-state index is 12.2. The third-order valence-corrected chi connectivity index (χ3v) is 4.78. The van der Waals surface area contributed by atoms with Gasteiger partial charge in [-0.25, -0.2) is 0 Å². The zero-order chi connectivity index (χ0) is 17.8. The molecule has 25 heavy (non-hydrogen) atoms. The van der Waals surface area contributed by atoms with E-state index in [9.17, 15) is 4.79 Å². The van der Waals surface area contributed by atoms with Gasteiger partial charge in [0.15, 0.2) is 6.61 Å². The lowest BCUT2D eigenvalue weighted by atomic mass is 9.96. The fourth-order valence-electron chi connectivity index (χ4n) is 3.07. The molecule has 0 fully saturated rings. The van der Waals surface area contributed by atoms with Gasteiger partial charge in [-0.1, -0.05) is 6.07 Å². The summed E-state index contributed by atoms with van der Waals surface area (Å²) in [6.07, 6.45) is 2.91. The molecule has 0 radical (unpaired) electrons. The van der Waals surface area contributed by atoms with E-state index >= 15 is 0 Å². The topological polar surface area (TPSA) is 63.2 Å². The van der Waals surface area contributed by atoms with E-state index in [-0.39, 0.29) is 12.5 Å². The van der Waals surface area contributed by atoms with Crippen molar-refractivity contribution in [1.82, 2.24) is 15.6 Å². The number of nitrogens with zero attached hydrogens (tertiary/aromatic N) is 1. The fourth-order valence-corrected chi connectivity index (χ4v) is 3.07. The Kier molecular flexibility index (Phi) is 5.34. The average Bonchev–Trinajstić information content (AvgIpc) is 2.62. The van der Waals surface area contributed by atoms with Crippen LogP contribution in [0.1, 0.15) is 33.5 Å². The number of carbonyl (C=O) groups excluding carboxylic acids is 1. The number of aromatic nitrogens is 1. The molecule has 0 unspecified atom stereocenters. The first-order valence-electron chi connectivity index (χ1n) is 8.68. The summed E-state index contributed by atoms with van der Waals surface area (Å²) < 4.78 is 5.60. The van der Waals surface area contributed by atoms with E-state index in [4.69, 9.17) is 4.74 Å². The van der Waals surface area contributed by atoms with E-state index in [1.165, 1.54) is 16.7 Å². The highest BCUT2D eigenvalue weighted by atomic mass is 16.5. The molecule has 2 aromatic rings. The standard InChI is InChI=1S/C20H25N3O2/c1-13-4-5-17(8-14(13)2)25-12-20(24)23-11-19-15(3)22-10-16-9-21-7-6-18(16)19/h4-5,8,10,21H,6-7,9,11-12H2,1-3H3,(H,23,24). The van der Waals surface area contributed by atoms with Gasteiger partial charge in [-0.2, -0.15) is 0 Å². The summed E-state index contributed by atoms with van der Waals surface area (Å²) in [6, 6.07) is 5.85. The maximum Gasteiger partial charge on any atom is 0.258 e. The number of amides is 1. The Balaban J connectivity index is 1.58. The molecule has 1 aromatic carbocycles. The number of aryl methyl sites for hydroxylation is 3. The van der Waals surface area contributed by atoms with Gasteiger partial charge in [-0.05, 0) is 73.7 Å². The first-order chi connectivity index (χ1) is 12.0. The second-order valence-corrected chi connectivity index (χ2v) is 6.56. The van der Waals surface area contributed by atoms with Crippen LogP contribution < -0.4 is 15.4 Å². The molecule has 1 aliphatic heterocycles. The van der Waals surface area contributed by atoms with Gasteiger partial charge in [-0.3, -0.25) is 9.78 Å².